The number of nitrogens with one attached hydrogen (secondary N) is 3. The largest absolute Gasteiger partial charge is 0.353 e. The summed E-state index contributed by atoms with van der Waals surface area (Å²) >= 11 is 0. The van der Waals surface area contributed by atoms with Gasteiger partial charge in [0.15, 0.2) is 0 Å². The van der Waals surface area contributed by atoms with Crippen LogP contribution in [0, 0.1) is 29.1 Å². The zero-order chi connectivity index (χ0) is 18.2. The molecule has 26 heavy (non-hydrogen) atoms. The zero-order valence-electron chi connectivity index (χ0n) is 16.6. The molecule has 0 heterocycles. The fraction of sp³-hybridized carbons (Fsp3) is 0.900. The third kappa shape index (κ3) is 4.36. The average molecular weight is 386 g/mol. The van der Waals surface area contributed by atoms with Crippen molar-refractivity contribution >= 4 is 24.2 Å². The molecular formula is C20H36ClN3O2. The van der Waals surface area contributed by atoms with Crippen LogP contribution in [-0.2, 0) is 9.59 Å². The van der Waals surface area contributed by atoms with E-state index in [-0.39, 0.29) is 41.6 Å². The normalized spacial score (nSPS) is 34.1. The highest BCUT2D eigenvalue weighted by atomic mass is 35.5. The molecule has 150 valence electrons. The Balaban J connectivity index is 0.00000243. The molecule has 0 radical (unpaired) electrons. The van der Waals surface area contributed by atoms with Gasteiger partial charge in [0.25, 0.3) is 0 Å². The van der Waals surface area contributed by atoms with Gasteiger partial charge in [-0.2, -0.15) is 0 Å². The number of amides is 2. The van der Waals surface area contributed by atoms with Gasteiger partial charge in [-0.05, 0) is 76.2 Å². The molecule has 2 atom stereocenters. The topological polar surface area (TPSA) is 70.2 Å². The number of halogens is 1. The van der Waals surface area contributed by atoms with Crippen LogP contribution in [0.5, 0.6) is 0 Å². The summed E-state index contributed by atoms with van der Waals surface area (Å²) in [6.45, 7) is 6.61. The van der Waals surface area contributed by atoms with E-state index in [4.69, 9.17) is 0 Å². The summed E-state index contributed by atoms with van der Waals surface area (Å²) in [6.07, 6.45) is 7.07. The van der Waals surface area contributed by atoms with Crippen molar-refractivity contribution in [3.63, 3.8) is 0 Å². The van der Waals surface area contributed by atoms with Crippen LogP contribution in [0.3, 0.4) is 0 Å². The maximum absolute atomic E-state index is 13.2. The Kier molecular flexibility index (Phi) is 7.00. The molecule has 2 unspecified atom stereocenters. The summed E-state index contributed by atoms with van der Waals surface area (Å²) < 4.78 is 0. The number of rotatable bonds is 7. The van der Waals surface area contributed by atoms with Crippen LogP contribution >= 0.6 is 12.4 Å². The zero-order valence-corrected chi connectivity index (χ0v) is 17.5. The van der Waals surface area contributed by atoms with Crippen LogP contribution in [0.1, 0.15) is 59.3 Å². The maximum Gasteiger partial charge on any atom is 0.242 e. The summed E-state index contributed by atoms with van der Waals surface area (Å²) in [4.78, 5) is 25.8. The number of carbonyl (C=O) groups is 2. The van der Waals surface area contributed by atoms with Gasteiger partial charge in [-0.15, -0.1) is 12.4 Å². The smallest absolute Gasteiger partial charge is 0.242 e. The van der Waals surface area contributed by atoms with Crippen molar-refractivity contribution in [3.05, 3.63) is 0 Å². The van der Waals surface area contributed by atoms with Crippen LogP contribution in [-0.4, -0.2) is 37.5 Å². The number of likely N-dealkylation sites (N-methyl/N-ethyl adjacent to an activating group) is 1. The first-order valence-electron chi connectivity index (χ1n) is 10.1. The molecule has 0 saturated heterocycles. The van der Waals surface area contributed by atoms with E-state index < -0.39 is 6.04 Å². The van der Waals surface area contributed by atoms with E-state index in [1.807, 2.05) is 27.8 Å². The second kappa shape index (κ2) is 8.47. The SMILES string of the molecule is CNC(C)CNC(=O)C(NC(=O)C12CC3CC(CC(C3)C1)C2)C(C)C.Cl. The molecule has 4 saturated carbocycles. The van der Waals surface area contributed by atoms with Gasteiger partial charge in [0.2, 0.25) is 11.8 Å². The van der Waals surface area contributed by atoms with Crippen molar-refractivity contribution in [2.24, 2.45) is 29.1 Å². The summed E-state index contributed by atoms with van der Waals surface area (Å²) in [5.41, 5.74) is -0.194. The predicted molar refractivity (Wildman–Crippen MR) is 106 cm³/mol. The third-order valence-electron chi connectivity index (χ3n) is 6.83. The first kappa shape index (κ1) is 21.5. The molecular weight excluding hydrogens is 350 g/mol. The molecule has 4 bridgehead atoms. The number of hydrogen-bond acceptors (Lipinski definition) is 3. The van der Waals surface area contributed by atoms with Gasteiger partial charge < -0.3 is 16.0 Å². The summed E-state index contributed by atoms with van der Waals surface area (Å²) in [6, 6.07) is -0.222. The van der Waals surface area contributed by atoms with Gasteiger partial charge in [0.05, 0.1) is 0 Å². The molecule has 5 nitrogen and oxygen atoms in total. The summed E-state index contributed by atoms with van der Waals surface area (Å²) in [5.74, 6) is 2.37. The average Bonchev–Trinajstić information content (AvgIpc) is 2.55. The minimum absolute atomic E-state index is 0. The fourth-order valence-corrected chi connectivity index (χ4v) is 5.68. The molecule has 6 heteroatoms. The standard InChI is InChI=1S/C20H35N3O2.ClH/c1-12(2)17(18(24)22-11-13(3)21-4)23-19(25)20-8-14-5-15(9-20)7-16(6-14)10-20;/h12-17,21H,5-11H2,1-4H3,(H,22,24)(H,23,25);1H. The Bertz CT molecular complexity index is 488. The second-order valence-corrected chi connectivity index (χ2v) is 9.33. The highest BCUT2D eigenvalue weighted by molar-refractivity contribution is 5.90. The molecule has 0 aromatic rings. The van der Waals surface area contributed by atoms with E-state index in [9.17, 15) is 9.59 Å². The lowest BCUT2D eigenvalue weighted by Crippen LogP contribution is -2.58. The Morgan fingerprint density at radius 3 is 1.92 bits per heavy atom. The lowest BCUT2D eigenvalue weighted by molar-refractivity contribution is -0.149. The van der Waals surface area contributed by atoms with Crippen molar-refractivity contribution in [2.75, 3.05) is 13.6 Å². The highest BCUT2D eigenvalue weighted by Crippen LogP contribution is 2.60. The lowest BCUT2D eigenvalue weighted by atomic mass is 9.49. The molecule has 4 aliphatic carbocycles. The Morgan fingerprint density at radius 1 is 1.00 bits per heavy atom. The van der Waals surface area contributed by atoms with Crippen LogP contribution in [0.4, 0.5) is 0 Å². The van der Waals surface area contributed by atoms with Crippen LogP contribution in [0.2, 0.25) is 0 Å². The Hall–Kier alpha value is -0.810. The minimum Gasteiger partial charge on any atom is -0.353 e. The van der Waals surface area contributed by atoms with Gasteiger partial charge in [0.1, 0.15) is 6.04 Å². The van der Waals surface area contributed by atoms with Crippen molar-refractivity contribution in [2.45, 2.75) is 71.4 Å². The van der Waals surface area contributed by atoms with Gasteiger partial charge in [0, 0.05) is 18.0 Å². The third-order valence-corrected chi connectivity index (χ3v) is 6.83. The molecule has 0 aromatic carbocycles. The Labute approximate surface area is 164 Å². The second-order valence-electron chi connectivity index (χ2n) is 9.33. The molecule has 2 amide bonds. The molecule has 0 aromatic heterocycles. The first-order chi connectivity index (χ1) is 11.8. The van der Waals surface area contributed by atoms with Crippen LogP contribution < -0.4 is 16.0 Å². The first-order valence-corrected chi connectivity index (χ1v) is 10.1. The van der Waals surface area contributed by atoms with Gasteiger partial charge >= 0.3 is 0 Å². The van der Waals surface area contributed by atoms with E-state index in [0.717, 1.165) is 37.0 Å². The van der Waals surface area contributed by atoms with Gasteiger partial charge in [-0.25, -0.2) is 0 Å². The van der Waals surface area contributed by atoms with Crippen molar-refractivity contribution < 1.29 is 9.59 Å². The lowest BCUT2D eigenvalue weighted by Gasteiger charge is -2.55. The van der Waals surface area contributed by atoms with E-state index in [1.165, 1.54) is 19.3 Å². The van der Waals surface area contributed by atoms with Gasteiger partial charge in [-0.3, -0.25) is 9.59 Å². The Morgan fingerprint density at radius 2 is 1.50 bits per heavy atom. The van der Waals surface area contributed by atoms with E-state index >= 15 is 0 Å². The molecule has 4 rings (SSSR count). The maximum atomic E-state index is 13.2. The van der Waals surface area contributed by atoms with E-state index in [2.05, 4.69) is 16.0 Å². The summed E-state index contributed by atoms with van der Waals surface area (Å²) in [7, 11) is 1.88. The van der Waals surface area contributed by atoms with Crippen molar-refractivity contribution in [3.8, 4) is 0 Å². The molecule has 4 fully saturated rings. The fourth-order valence-electron chi connectivity index (χ4n) is 5.68. The van der Waals surface area contributed by atoms with Crippen LogP contribution in [0.15, 0.2) is 0 Å². The van der Waals surface area contributed by atoms with Crippen LogP contribution in [0.25, 0.3) is 0 Å². The van der Waals surface area contributed by atoms with E-state index in [0.29, 0.717) is 6.54 Å². The van der Waals surface area contributed by atoms with Crippen molar-refractivity contribution in [1.29, 1.82) is 0 Å². The van der Waals surface area contributed by atoms with E-state index in [1.54, 1.807) is 0 Å². The molecule has 3 N–H and O–H groups in total. The number of carbonyl (C=O) groups excluding carboxylic acids is 2. The monoisotopic (exact) mass is 385 g/mol. The van der Waals surface area contributed by atoms with Crippen molar-refractivity contribution in [1.82, 2.24) is 16.0 Å². The molecule has 0 aliphatic heterocycles. The van der Waals surface area contributed by atoms with Gasteiger partial charge in [-0.1, -0.05) is 13.8 Å². The highest BCUT2D eigenvalue weighted by Gasteiger charge is 2.55. The molecule has 0 spiro atoms. The summed E-state index contributed by atoms with van der Waals surface area (Å²) in [5, 5.41) is 9.24. The minimum atomic E-state index is -0.440. The predicted octanol–water partition coefficient (Wildman–Crippen LogP) is 2.49. The number of hydrogen-bond donors (Lipinski definition) is 3. The molecule has 4 aliphatic rings. The quantitative estimate of drug-likeness (QED) is 0.630.